The van der Waals surface area contributed by atoms with Gasteiger partial charge in [-0.1, -0.05) is 38.3 Å². The summed E-state index contributed by atoms with van der Waals surface area (Å²) >= 11 is 0. The molecule has 1 aromatic rings. The smallest absolute Gasteiger partial charge is 0.119 e. The molecule has 1 atom stereocenters. The summed E-state index contributed by atoms with van der Waals surface area (Å²) in [6.45, 7) is 6.77. The molecule has 1 aliphatic heterocycles. The molecular formula is C17H30Cl2N2O. The minimum Gasteiger partial charge on any atom is -0.497 e. The summed E-state index contributed by atoms with van der Waals surface area (Å²) in [5.41, 5.74) is 1.40. The number of unbranched alkanes of at least 4 members (excludes halogenated alkanes) is 2. The van der Waals surface area contributed by atoms with E-state index in [4.69, 9.17) is 4.74 Å². The second-order valence-electron chi connectivity index (χ2n) is 5.57. The van der Waals surface area contributed by atoms with Crippen molar-refractivity contribution in [3.8, 4) is 5.75 Å². The average molecular weight is 349 g/mol. The van der Waals surface area contributed by atoms with Crippen LogP contribution >= 0.6 is 24.8 Å². The standard InChI is InChI=1S/C17H28N2O.2ClH/c1-3-4-5-9-17(19-12-10-18-11-13-19)15-7-6-8-16(14-15)20-2;;/h6-8,14,17-18H,3-5,9-13H2,1-2H3;2*1H/t17-;;/m0../s1. The molecule has 128 valence electrons. The zero-order valence-corrected chi connectivity index (χ0v) is 15.3. The predicted molar refractivity (Wildman–Crippen MR) is 98.8 cm³/mol. The van der Waals surface area contributed by atoms with Gasteiger partial charge in [-0.25, -0.2) is 0 Å². The van der Waals surface area contributed by atoms with Gasteiger partial charge in [-0.2, -0.15) is 0 Å². The molecule has 3 nitrogen and oxygen atoms in total. The molecule has 1 aliphatic rings. The minimum absolute atomic E-state index is 0. The van der Waals surface area contributed by atoms with Crippen molar-refractivity contribution >= 4 is 24.8 Å². The van der Waals surface area contributed by atoms with E-state index in [0.717, 1.165) is 31.9 Å². The van der Waals surface area contributed by atoms with E-state index in [1.54, 1.807) is 7.11 Å². The molecule has 0 spiro atoms. The van der Waals surface area contributed by atoms with Crippen LogP contribution < -0.4 is 10.1 Å². The highest BCUT2D eigenvalue weighted by Crippen LogP contribution is 2.29. The third kappa shape index (κ3) is 6.33. The maximum Gasteiger partial charge on any atom is 0.119 e. The summed E-state index contributed by atoms with van der Waals surface area (Å²) < 4.78 is 5.39. The number of piperazine rings is 1. The summed E-state index contributed by atoms with van der Waals surface area (Å²) in [7, 11) is 1.75. The molecule has 0 aliphatic carbocycles. The molecule has 1 N–H and O–H groups in total. The molecule has 2 rings (SSSR count). The highest BCUT2D eigenvalue weighted by Gasteiger charge is 2.21. The number of nitrogens with zero attached hydrogens (tertiary/aromatic N) is 1. The van der Waals surface area contributed by atoms with Gasteiger partial charge in [0.15, 0.2) is 0 Å². The predicted octanol–water partition coefficient (Wildman–Crippen LogP) is 4.07. The molecule has 1 saturated heterocycles. The highest BCUT2D eigenvalue weighted by molar-refractivity contribution is 5.85. The summed E-state index contributed by atoms with van der Waals surface area (Å²) in [5.74, 6) is 0.970. The first kappa shape index (κ1) is 21.5. The van der Waals surface area contributed by atoms with Crippen LogP contribution in [-0.2, 0) is 0 Å². The van der Waals surface area contributed by atoms with Gasteiger partial charge < -0.3 is 10.1 Å². The van der Waals surface area contributed by atoms with Gasteiger partial charge in [0.05, 0.1) is 7.11 Å². The van der Waals surface area contributed by atoms with Crippen molar-refractivity contribution in [2.75, 3.05) is 33.3 Å². The summed E-state index contributed by atoms with van der Waals surface area (Å²) in [4.78, 5) is 2.63. The van der Waals surface area contributed by atoms with Crippen LogP contribution in [0.4, 0.5) is 0 Å². The number of ether oxygens (including phenoxy) is 1. The number of hydrogen-bond acceptors (Lipinski definition) is 3. The Balaban J connectivity index is 0.00000220. The molecule has 0 bridgehead atoms. The SMILES string of the molecule is CCCCC[C@@H](c1cccc(OC)c1)N1CCNCC1.Cl.Cl. The van der Waals surface area contributed by atoms with Gasteiger partial charge in [0.1, 0.15) is 5.75 Å². The topological polar surface area (TPSA) is 24.5 Å². The van der Waals surface area contributed by atoms with Gasteiger partial charge in [0.25, 0.3) is 0 Å². The molecular weight excluding hydrogens is 319 g/mol. The van der Waals surface area contributed by atoms with Crippen LogP contribution in [-0.4, -0.2) is 38.2 Å². The van der Waals surface area contributed by atoms with Gasteiger partial charge in [0, 0.05) is 32.2 Å². The van der Waals surface area contributed by atoms with Gasteiger partial charge in [0.2, 0.25) is 0 Å². The number of hydrogen-bond donors (Lipinski definition) is 1. The first-order valence-electron chi connectivity index (χ1n) is 7.94. The van der Waals surface area contributed by atoms with Crippen molar-refractivity contribution in [1.29, 1.82) is 0 Å². The normalized spacial score (nSPS) is 16.3. The van der Waals surface area contributed by atoms with Crippen LogP contribution in [0.1, 0.15) is 44.2 Å². The summed E-state index contributed by atoms with van der Waals surface area (Å²) in [5, 5.41) is 3.44. The van der Waals surface area contributed by atoms with E-state index in [0.29, 0.717) is 6.04 Å². The Morgan fingerprint density at radius 2 is 1.91 bits per heavy atom. The second-order valence-corrected chi connectivity index (χ2v) is 5.57. The lowest BCUT2D eigenvalue weighted by molar-refractivity contribution is 0.162. The molecule has 5 heteroatoms. The van der Waals surface area contributed by atoms with Crippen LogP contribution in [0.2, 0.25) is 0 Å². The van der Waals surface area contributed by atoms with Crippen LogP contribution in [0.5, 0.6) is 5.75 Å². The lowest BCUT2D eigenvalue weighted by atomic mass is 9.98. The first-order valence-corrected chi connectivity index (χ1v) is 7.94. The fraction of sp³-hybridized carbons (Fsp3) is 0.647. The Bertz CT molecular complexity index is 398. The van der Waals surface area contributed by atoms with Crippen LogP contribution in [0.25, 0.3) is 0 Å². The molecule has 1 heterocycles. The monoisotopic (exact) mass is 348 g/mol. The largest absolute Gasteiger partial charge is 0.497 e. The zero-order valence-electron chi connectivity index (χ0n) is 13.7. The van der Waals surface area contributed by atoms with Crippen LogP contribution in [0.15, 0.2) is 24.3 Å². The molecule has 0 radical (unpaired) electrons. The molecule has 0 aromatic heterocycles. The Labute approximate surface area is 147 Å². The number of benzene rings is 1. The van der Waals surface area contributed by atoms with E-state index >= 15 is 0 Å². The van der Waals surface area contributed by atoms with Crippen molar-refractivity contribution < 1.29 is 4.74 Å². The summed E-state index contributed by atoms with van der Waals surface area (Å²) in [6.07, 6.45) is 5.17. The number of rotatable bonds is 7. The highest BCUT2D eigenvalue weighted by atomic mass is 35.5. The number of halogens is 2. The lowest BCUT2D eigenvalue weighted by Crippen LogP contribution is -2.45. The van der Waals surface area contributed by atoms with E-state index in [1.165, 1.54) is 31.2 Å². The fourth-order valence-corrected chi connectivity index (χ4v) is 2.99. The quantitative estimate of drug-likeness (QED) is 0.751. The molecule has 22 heavy (non-hydrogen) atoms. The van der Waals surface area contributed by atoms with E-state index in [9.17, 15) is 0 Å². The van der Waals surface area contributed by atoms with Crippen molar-refractivity contribution in [2.45, 2.75) is 38.6 Å². The number of methoxy groups -OCH3 is 1. The molecule has 1 aromatic carbocycles. The van der Waals surface area contributed by atoms with Crippen molar-refractivity contribution in [3.05, 3.63) is 29.8 Å². The third-order valence-electron chi connectivity index (χ3n) is 4.15. The fourth-order valence-electron chi connectivity index (χ4n) is 2.99. The Kier molecular flexibility index (Phi) is 11.7. The Morgan fingerprint density at radius 1 is 1.18 bits per heavy atom. The van der Waals surface area contributed by atoms with Crippen molar-refractivity contribution in [1.82, 2.24) is 10.2 Å². The maximum absolute atomic E-state index is 5.39. The molecule has 0 amide bonds. The summed E-state index contributed by atoms with van der Waals surface area (Å²) in [6, 6.07) is 9.15. The third-order valence-corrected chi connectivity index (χ3v) is 4.15. The van der Waals surface area contributed by atoms with E-state index < -0.39 is 0 Å². The van der Waals surface area contributed by atoms with Gasteiger partial charge >= 0.3 is 0 Å². The van der Waals surface area contributed by atoms with Crippen LogP contribution in [0, 0.1) is 0 Å². The Hall–Kier alpha value is -0.480. The van der Waals surface area contributed by atoms with Crippen LogP contribution in [0.3, 0.4) is 0 Å². The minimum atomic E-state index is 0. The number of nitrogens with one attached hydrogen (secondary N) is 1. The first-order chi connectivity index (χ1) is 9.85. The van der Waals surface area contributed by atoms with E-state index in [1.807, 2.05) is 6.07 Å². The Morgan fingerprint density at radius 3 is 2.55 bits per heavy atom. The molecule has 0 saturated carbocycles. The van der Waals surface area contributed by atoms with E-state index in [-0.39, 0.29) is 24.8 Å². The van der Waals surface area contributed by atoms with E-state index in [2.05, 4.69) is 35.3 Å². The molecule has 1 fully saturated rings. The molecule has 0 unspecified atom stereocenters. The maximum atomic E-state index is 5.39. The zero-order chi connectivity index (χ0) is 14.2. The van der Waals surface area contributed by atoms with Gasteiger partial charge in [-0.3, -0.25) is 4.90 Å². The van der Waals surface area contributed by atoms with Crippen molar-refractivity contribution in [2.24, 2.45) is 0 Å². The average Bonchev–Trinajstić information content (AvgIpc) is 2.52. The second kappa shape index (κ2) is 12.0. The van der Waals surface area contributed by atoms with Gasteiger partial charge in [-0.15, -0.1) is 24.8 Å². The van der Waals surface area contributed by atoms with Gasteiger partial charge in [-0.05, 0) is 24.1 Å². The lowest BCUT2D eigenvalue weighted by Gasteiger charge is -2.35. The van der Waals surface area contributed by atoms with Crippen molar-refractivity contribution in [3.63, 3.8) is 0 Å².